The Morgan fingerprint density at radius 2 is 2.60 bits per heavy atom. The Labute approximate surface area is 35.5 Å². The van der Waals surface area contributed by atoms with E-state index in [1.165, 1.54) is 0 Å². The molecule has 0 amide bonds. The molecular weight excluding hydrogens is 100 g/mol. The van der Waals surface area contributed by atoms with Crippen molar-refractivity contribution in [3.63, 3.8) is 0 Å². The predicted molar refractivity (Wildman–Crippen MR) is 18.5 cm³/mol. The van der Waals surface area contributed by atoms with Crippen LogP contribution in [0, 0.1) is 0 Å². The van der Waals surface area contributed by atoms with Gasteiger partial charge in [-0.2, -0.15) is 0 Å². The molecule has 0 aromatic rings. The Bertz CT molecular complexity index is 19.2. The largest absolute Gasteiger partial charge is 0.433 e. The molecule has 0 aromatic carbocycles. The maximum Gasteiger partial charge on any atom is 0.421 e. The van der Waals surface area contributed by atoms with Crippen LogP contribution in [0.3, 0.4) is 0 Å². The van der Waals surface area contributed by atoms with Gasteiger partial charge in [-0.1, -0.05) is 0 Å². The van der Waals surface area contributed by atoms with Crippen molar-refractivity contribution in [1.29, 1.82) is 0 Å². The summed E-state index contributed by atoms with van der Waals surface area (Å²) in [6.45, 7) is 0. The van der Waals surface area contributed by atoms with Gasteiger partial charge in [0.15, 0.2) is 0 Å². The van der Waals surface area contributed by atoms with E-state index < -0.39 is 0 Å². The van der Waals surface area contributed by atoms with Crippen LogP contribution in [-0.4, -0.2) is 26.0 Å². The van der Waals surface area contributed by atoms with Gasteiger partial charge in [0.25, 0.3) is 0 Å². The van der Waals surface area contributed by atoms with Gasteiger partial charge < -0.3 is 8.54 Å². The Morgan fingerprint density at radius 3 is 2.80 bits per heavy atom. The smallest absolute Gasteiger partial charge is 0.421 e. The molecule has 1 fully saturated rings. The van der Waals surface area contributed by atoms with Crippen molar-refractivity contribution < 1.29 is 8.54 Å². The normalized spacial score (nSPS) is 24.0. The zero-order chi connectivity index (χ0) is 3.54. The van der Waals surface area contributed by atoms with E-state index in [2.05, 4.69) is 0 Å². The lowest BCUT2D eigenvalue weighted by molar-refractivity contribution is 0.402. The monoisotopic (exact) mass is 102 g/mol. The minimum atomic E-state index is 0.321. The molecule has 0 N–H and O–H groups in total. The van der Waals surface area contributed by atoms with Crippen LogP contribution < -0.4 is 0 Å². The van der Waals surface area contributed by atoms with Gasteiger partial charge in [0.2, 0.25) is 9.76 Å². The van der Waals surface area contributed by atoms with Crippen molar-refractivity contribution >= 4 is 19.8 Å². The lowest BCUT2D eigenvalue weighted by Crippen LogP contribution is -1.87. The van der Waals surface area contributed by atoms with E-state index in [4.69, 9.17) is 8.54 Å². The van der Waals surface area contributed by atoms with E-state index in [1.807, 2.05) is 0 Å². The molecule has 5 heavy (non-hydrogen) atoms. The maximum absolute atomic E-state index is 4.78. The van der Waals surface area contributed by atoms with Gasteiger partial charge >= 0.3 is 10.0 Å². The molecule has 0 unspecified atom stereocenters. The average molecular weight is 102 g/mol. The van der Waals surface area contributed by atoms with Crippen molar-refractivity contribution in [3.8, 4) is 0 Å². The van der Waals surface area contributed by atoms with Crippen LogP contribution in [0.2, 0.25) is 0 Å². The fraction of sp³-hybridized carbons (Fsp3) is 1.00. The first-order chi connectivity index (χ1) is 2.50. The zero-order valence-corrected chi connectivity index (χ0v) is 4.52. The second-order valence-corrected chi connectivity index (χ2v) is 2.47. The van der Waals surface area contributed by atoms with E-state index in [9.17, 15) is 0 Å². The molecule has 4 heteroatoms. The molecule has 1 saturated heterocycles. The molecule has 2 nitrogen and oxygen atoms in total. The van der Waals surface area contributed by atoms with Crippen LogP contribution in [-0.2, 0) is 8.54 Å². The molecule has 0 bridgehead atoms. The molecule has 0 aliphatic carbocycles. The van der Waals surface area contributed by atoms with Crippen molar-refractivity contribution in [1.82, 2.24) is 0 Å². The van der Waals surface area contributed by atoms with E-state index in [0.717, 1.165) is 6.23 Å². The Balaban J connectivity index is 2.08. The summed E-state index contributed by atoms with van der Waals surface area (Å²) in [7, 11) is 0.920. The highest BCUT2D eigenvalue weighted by Gasteiger charge is 2.01. The van der Waals surface area contributed by atoms with Crippen molar-refractivity contribution in [2.45, 2.75) is 0 Å². The molecule has 0 aromatic heterocycles. The lowest BCUT2D eigenvalue weighted by Gasteiger charge is -1.71. The summed E-state index contributed by atoms with van der Waals surface area (Å²) in [5, 5.41) is 0. The Hall–Kier alpha value is 0.354. The third kappa shape index (κ3) is 0.842. The first-order valence-corrected chi connectivity index (χ1v) is 3.19. The van der Waals surface area contributed by atoms with Crippen molar-refractivity contribution in [3.05, 3.63) is 0 Å². The zero-order valence-electron chi connectivity index (χ0n) is 2.52. The van der Waals surface area contributed by atoms with Gasteiger partial charge in [0.05, 0.1) is 6.23 Å². The molecule has 1 aliphatic rings. The first kappa shape index (κ1) is 3.54. The fourth-order valence-electron chi connectivity index (χ4n) is 0.147. The van der Waals surface area contributed by atoms with Crippen molar-refractivity contribution in [2.24, 2.45) is 0 Å². The first-order valence-electron chi connectivity index (χ1n) is 1.25. The topological polar surface area (TPSA) is 18.5 Å². The van der Waals surface area contributed by atoms with Crippen LogP contribution >= 0.6 is 0 Å². The van der Waals surface area contributed by atoms with Crippen LogP contribution in [0.5, 0.6) is 0 Å². The van der Waals surface area contributed by atoms with E-state index in [-0.39, 0.29) is 0 Å². The van der Waals surface area contributed by atoms with Crippen LogP contribution in [0.15, 0.2) is 0 Å². The molecular formula is CH2O2Si2. The van der Waals surface area contributed by atoms with Crippen LogP contribution in [0.25, 0.3) is 0 Å². The molecule has 1 heterocycles. The SMILES string of the molecule is C1O[Si]O[Si]1. The number of hydrogen-bond acceptors (Lipinski definition) is 2. The second kappa shape index (κ2) is 1.71. The number of rotatable bonds is 0. The van der Waals surface area contributed by atoms with Crippen LogP contribution in [0.4, 0.5) is 0 Å². The Kier molecular flexibility index (Phi) is 1.21. The highest BCUT2D eigenvalue weighted by Crippen LogP contribution is 1.79. The second-order valence-electron chi connectivity index (χ2n) is 0.618. The van der Waals surface area contributed by atoms with Crippen molar-refractivity contribution in [2.75, 3.05) is 6.23 Å². The van der Waals surface area contributed by atoms with Gasteiger partial charge in [-0.15, -0.1) is 0 Å². The number of hydrogen-bond donors (Lipinski definition) is 0. The molecule has 0 saturated carbocycles. The third-order valence-corrected chi connectivity index (χ3v) is 2.03. The summed E-state index contributed by atoms with van der Waals surface area (Å²) >= 11 is 0. The predicted octanol–water partition coefficient (Wildman–Crippen LogP) is -0.856. The Morgan fingerprint density at radius 1 is 1.60 bits per heavy atom. The minimum absolute atomic E-state index is 0.321. The quantitative estimate of drug-likeness (QED) is 0.371. The molecule has 1 rings (SSSR count). The summed E-state index contributed by atoms with van der Waals surface area (Å²) in [6.07, 6.45) is 0.818. The van der Waals surface area contributed by atoms with Gasteiger partial charge in [0, 0.05) is 0 Å². The molecule has 4 radical (unpaired) electrons. The summed E-state index contributed by atoms with van der Waals surface area (Å²) < 4.78 is 9.54. The third-order valence-electron chi connectivity index (χ3n) is 0.304. The molecule has 26 valence electrons. The van der Waals surface area contributed by atoms with E-state index in [1.54, 1.807) is 0 Å². The minimum Gasteiger partial charge on any atom is -0.433 e. The summed E-state index contributed by atoms with van der Waals surface area (Å²) in [5.74, 6) is 0. The lowest BCUT2D eigenvalue weighted by atomic mass is 11.7. The molecule has 0 spiro atoms. The highest BCUT2D eigenvalue weighted by atomic mass is 28.3. The van der Waals surface area contributed by atoms with Gasteiger partial charge in [-0.05, 0) is 0 Å². The van der Waals surface area contributed by atoms with E-state index in [0.29, 0.717) is 19.8 Å². The average Bonchev–Trinajstić information content (AvgIpc) is 1.76. The van der Waals surface area contributed by atoms with Gasteiger partial charge in [0.1, 0.15) is 0 Å². The van der Waals surface area contributed by atoms with Crippen LogP contribution in [0.1, 0.15) is 0 Å². The van der Waals surface area contributed by atoms with Gasteiger partial charge in [-0.3, -0.25) is 0 Å². The molecule has 0 atom stereocenters. The van der Waals surface area contributed by atoms with E-state index >= 15 is 0 Å². The summed E-state index contributed by atoms with van der Waals surface area (Å²) in [4.78, 5) is 0. The molecule has 1 aliphatic heterocycles. The summed E-state index contributed by atoms with van der Waals surface area (Å²) in [6, 6.07) is 0. The highest BCUT2D eigenvalue weighted by molar-refractivity contribution is 6.43. The fourth-order valence-corrected chi connectivity index (χ4v) is 1.33. The van der Waals surface area contributed by atoms with Gasteiger partial charge in [-0.25, -0.2) is 0 Å². The maximum atomic E-state index is 4.78. The summed E-state index contributed by atoms with van der Waals surface area (Å²) in [5.41, 5.74) is 0. The standard InChI is InChI=1S/CH2O2Si2/c1-2-5-3-4-1/h1H2.